The number of esters is 1. The van der Waals surface area contributed by atoms with E-state index in [-0.39, 0.29) is 31.2 Å². The number of hydrogen-bond donors (Lipinski definition) is 0. The molecule has 3 rings (SSSR count). The lowest BCUT2D eigenvalue weighted by molar-refractivity contribution is -0.152. The minimum absolute atomic E-state index is 0.0253. The second kappa shape index (κ2) is 16.7. The maximum absolute atomic E-state index is 13.0. The molecule has 0 fully saturated rings. The minimum Gasteiger partial charge on any atom is -0.543 e. The van der Waals surface area contributed by atoms with E-state index in [2.05, 4.69) is 181 Å². The van der Waals surface area contributed by atoms with E-state index in [0.717, 1.165) is 22.6 Å². The molecule has 2 atom stereocenters. The molecular formula is C47H86O8Si5. The molecule has 1 aliphatic heterocycles. The lowest BCUT2D eigenvalue weighted by atomic mass is 9.93. The van der Waals surface area contributed by atoms with Gasteiger partial charge in [-0.05, 0) is 103 Å². The van der Waals surface area contributed by atoms with Gasteiger partial charge in [-0.3, -0.25) is 4.79 Å². The van der Waals surface area contributed by atoms with E-state index < -0.39 is 53.8 Å². The predicted molar refractivity (Wildman–Crippen MR) is 265 cm³/mol. The Morgan fingerprint density at radius 1 is 0.517 bits per heavy atom. The molecule has 13 heteroatoms. The van der Waals surface area contributed by atoms with Crippen LogP contribution in [0.15, 0.2) is 24.3 Å². The third kappa shape index (κ3) is 11.7. The van der Waals surface area contributed by atoms with Crippen molar-refractivity contribution in [2.75, 3.05) is 0 Å². The molecule has 8 nitrogen and oxygen atoms in total. The zero-order valence-electron chi connectivity index (χ0n) is 42.9. The van der Waals surface area contributed by atoms with Crippen molar-refractivity contribution in [3.8, 4) is 34.5 Å². The maximum atomic E-state index is 13.0. The number of hydrogen-bond acceptors (Lipinski definition) is 8. The van der Waals surface area contributed by atoms with Gasteiger partial charge in [0.2, 0.25) is 16.6 Å². The smallest absolute Gasteiger partial charge is 0.303 e. The molecule has 0 aromatic heterocycles. The van der Waals surface area contributed by atoms with Crippen LogP contribution in [0.5, 0.6) is 34.5 Å². The SMILES string of the molecule is CC(=O)O[C@@H]1Cc2c(cc(O[Si](C)(C)C(C)(C)C)cc2O[Si](C)(C)C(C)(C)C)O[C@@H]1c1cc(O[Si](C)(C)C(C)(C)C)c(O[Si](C)(C)C(C)(C)C)c(O[Si](C)(C)C(C)(C)C)c1. The van der Waals surface area contributed by atoms with Gasteiger partial charge in [-0.2, -0.15) is 0 Å². The fourth-order valence-corrected chi connectivity index (χ4v) is 10.4. The van der Waals surface area contributed by atoms with Crippen molar-refractivity contribution in [3.05, 3.63) is 35.4 Å². The van der Waals surface area contributed by atoms with Gasteiger partial charge < -0.3 is 31.6 Å². The Hall–Kier alpha value is -2.21. The van der Waals surface area contributed by atoms with E-state index in [1.54, 1.807) is 0 Å². The van der Waals surface area contributed by atoms with Gasteiger partial charge in [-0.15, -0.1) is 0 Å². The zero-order valence-corrected chi connectivity index (χ0v) is 47.9. The molecule has 342 valence electrons. The van der Waals surface area contributed by atoms with E-state index >= 15 is 0 Å². The van der Waals surface area contributed by atoms with Gasteiger partial charge in [-0.25, -0.2) is 0 Å². The summed E-state index contributed by atoms with van der Waals surface area (Å²) in [6.45, 7) is 57.7. The number of rotatable bonds is 12. The molecule has 60 heavy (non-hydrogen) atoms. The van der Waals surface area contributed by atoms with Crippen LogP contribution in [-0.4, -0.2) is 53.7 Å². The molecule has 2 aromatic carbocycles. The highest BCUT2D eigenvalue weighted by atomic mass is 28.4. The second-order valence-corrected chi connectivity index (χ2v) is 48.6. The predicted octanol–water partition coefficient (Wildman–Crippen LogP) is 15.2. The summed E-state index contributed by atoms with van der Waals surface area (Å²) in [6.07, 6.45) is -0.976. The van der Waals surface area contributed by atoms with E-state index in [1.807, 2.05) is 12.1 Å². The van der Waals surface area contributed by atoms with Crippen molar-refractivity contribution in [2.45, 2.75) is 220 Å². The normalized spacial score (nSPS) is 17.6. The Kier molecular flexibility index (Phi) is 14.5. The van der Waals surface area contributed by atoms with Crippen molar-refractivity contribution in [2.24, 2.45) is 0 Å². The first-order valence-corrected chi connectivity index (χ1v) is 36.6. The molecular weight excluding hydrogens is 833 g/mol. The quantitative estimate of drug-likeness (QED) is 0.154. The number of benzene rings is 2. The van der Waals surface area contributed by atoms with Crippen LogP contribution in [0.2, 0.25) is 90.7 Å². The van der Waals surface area contributed by atoms with E-state index in [0.29, 0.717) is 29.4 Å². The number of carbonyl (C=O) groups excluding carboxylic acids is 1. The van der Waals surface area contributed by atoms with Gasteiger partial charge in [0.05, 0.1) is 0 Å². The van der Waals surface area contributed by atoms with Gasteiger partial charge >= 0.3 is 5.97 Å². The fourth-order valence-electron chi connectivity index (χ4n) is 5.33. The molecule has 2 aromatic rings. The molecule has 0 spiro atoms. The average molecular weight is 920 g/mol. The molecule has 0 saturated heterocycles. The molecule has 1 aliphatic rings. The summed E-state index contributed by atoms with van der Waals surface area (Å²) in [5, 5.41) is -0.362. The van der Waals surface area contributed by atoms with Crippen molar-refractivity contribution >= 4 is 47.6 Å². The summed E-state index contributed by atoms with van der Waals surface area (Å²) in [6, 6.07) is 8.19. The van der Waals surface area contributed by atoms with Gasteiger partial charge in [0, 0.05) is 36.6 Å². The van der Waals surface area contributed by atoms with Crippen LogP contribution in [0.1, 0.15) is 128 Å². The first-order chi connectivity index (χ1) is 26.4. The molecule has 0 radical (unpaired) electrons. The van der Waals surface area contributed by atoms with Gasteiger partial charge in [-0.1, -0.05) is 104 Å². The topological polar surface area (TPSA) is 81.7 Å². The van der Waals surface area contributed by atoms with E-state index in [9.17, 15) is 4.79 Å². The third-order valence-electron chi connectivity index (χ3n) is 14.7. The minimum atomic E-state index is -2.44. The first kappa shape index (κ1) is 52.1. The van der Waals surface area contributed by atoms with Crippen LogP contribution >= 0.6 is 0 Å². The Morgan fingerprint density at radius 3 is 1.23 bits per heavy atom. The number of ether oxygens (including phenoxy) is 2. The second-order valence-electron chi connectivity index (χ2n) is 24.9. The van der Waals surface area contributed by atoms with Crippen molar-refractivity contribution < 1.29 is 36.4 Å². The van der Waals surface area contributed by atoms with Gasteiger partial charge in [0.25, 0.3) is 25.0 Å². The highest BCUT2D eigenvalue weighted by Gasteiger charge is 2.47. The average Bonchev–Trinajstić information content (AvgIpc) is 2.98. The Labute approximate surface area is 372 Å². The van der Waals surface area contributed by atoms with Crippen LogP contribution < -0.4 is 26.9 Å². The van der Waals surface area contributed by atoms with Crippen LogP contribution in [0.25, 0.3) is 0 Å². The number of carbonyl (C=O) groups is 1. The lowest BCUT2D eigenvalue weighted by Crippen LogP contribution is -2.47. The van der Waals surface area contributed by atoms with E-state index in [1.165, 1.54) is 6.92 Å². The summed E-state index contributed by atoms with van der Waals surface area (Å²) >= 11 is 0. The summed E-state index contributed by atoms with van der Waals surface area (Å²) in [5.74, 6) is 3.67. The molecule has 0 amide bonds. The Bertz CT molecular complexity index is 1820. The summed E-state index contributed by atoms with van der Waals surface area (Å²) in [4.78, 5) is 13.0. The molecule has 0 N–H and O–H groups in total. The fraction of sp³-hybridized carbons (Fsp3) is 0.723. The zero-order chi connectivity index (χ0) is 46.8. The van der Waals surface area contributed by atoms with E-state index in [4.69, 9.17) is 31.6 Å². The Morgan fingerprint density at radius 2 is 0.867 bits per heavy atom. The molecule has 0 unspecified atom stereocenters. The molecule has 0 bridgehead atoms. The van der Waals surface area contributed by atoms with Crippen molar-refractivity contribution in [1.82, 2.24) is 0 Å². The summed E-state index contributed by atoms with van der Waals surface area (Å²) < 4.78 is 49.4. The third-order valence-corrected chi connectivity index (χ3v) is 36.4. The highest BCUT2D eigenvalue weighted by Crippen LogP contribution is 2.53. The summed E-state index contributed by atoms with van der Waals surface area (Å²) in [5.41, 5.74) is 1.66. The van der Waals surface area contributed by atoms with Crippen molar-refractivity contribution in [3.63, 3.8) is 0 Å². The molecule has 1 heterocycles. The van der Waals surface area contributed by atoms with Crippen LogP contribution in [0.4, 0.5) is 0 Å². The van der Waals surface area contributed by atoms with Crippen LogP contribution in [-0.2, 0) is 16.0 Å². The first-order valence-electron chi connectivity index (χ1n) is 22.1. The van der Waals surface area contributed by atoms with Crippen molar-refractivity contribution in [1.29, 1.82) is 0 Å². The van der Waals surface area contributed by atoms with Crippen LogP contribution in [0, 0.1) is 0 Å². The largest absolute Gasteiger partial charge is 0.543 e. The number of fused-ring (bicyclic) bond motifs is 1. The maximum Gasteiger partial charge on any atom is 0.303 e. The van der Waals surface area contributed by atoms with Crippen LogP contribution in [0.3, 0.4) is 0 Å². The van der Waals surface area contributed by atoms with Gasteiger partial charge in [0.1, 0.15) is 34.9 Å². The molecule has 0 aliphatic carbocycles. The lowest BCUT2D eigenvalue weighted by Gasteiger charge is -2.42. The molecule has 0 saturated carbocycles. The Balaban J connectivity index is 2.50. The highest BCUT2D eigenvalue weighted by molar-refractivity contribution is 6.77. The summed E-state index contributed by atoms with van der Waals surface area (Å²) in [7, 11) is -11.9. The standard InChI is InChI=1S/C47H86O8Si5/c1-32(48)49-38-31-35-36(29-34(51-56(17,18)43(2,3)4)30-37(35)52-57(19,20)44(5,6)7)50-41(38)33-27-39(53-58(21,22)45(8,9)10)42(55-60(25,26)47(14,15)16)40(28-33)54-59(23,24)46(11,12)13/h27-30,38,41H,31H2,1-26H3/t38-,41-/m1/s1. The monoisotopic (exact) mass is 919 g/mol. The van der Waals surface area contributed by atoms with Gasteiger partial charge in [0.15, 0.2) is 11.9 Å².